The van der Waals surface area contributed by atoms with Gasteiger partial charge in [-0.25, -0.2) is 9.67 Å². The molecule has 0 radical (unpaired) electrons. The summed E-state index contributed by atoms with van der Waals surface area (Å²) in [6, 6.07) is 10.3. The van der Waals surface area contributed by atoms with Crippen LogP contribution in [0.15, 0.2) is 42.7 Å². The molecule has 1 aliphatic rings. The Morgan fingerprint density at radius 3 is 2.65 bits per heavy atom. The summed E-state index contributed by atoms with van der Waals surface area (Å²) in [7, 11) is 0. The van der Waals surface area contributed by atoms with E-state index in [1.165, 1.54) is 19.3 Å². The van der Waals surface area contributed by atoms with Crippen LogP contribution >= 0.6 is 0 Å². The maximum atomic E-state index is 13.0. The molecule has 0 unspecified atom stereocenters. The van der Waals surface area contributed by atoms with Gasteiger partial charge in [-0.1, -0.05) is 76.1 Å². The fraction of sp³-hybridized carbons (Fsp3) is 0.464. The smallest absolute Gasteiger partial charge is 0.217 e. The SMILES string of the molecule is CCCCCn1nc(C(=O)CC2CCCCC2)nc1Cc1ccc(-c2ccncc2-c2nn[nH]n2)cc1. The van der Waals surface area contributed by atoms with Crippen molar-refractivity contribution < 1.29 is 4.79 Å². The van der Waals surface area contributed by atoms with E-state index in [1.54, 1.807) is 12.4 Å². The van der Waals surface area contributed by atoms with Crippen LogP contribution in [0.5, 0.6) is 0 Å². The molecule has 1 aliphatic carbocycles. The first-order chi connectivity index (χ1) is 18.2. The van der Waals surface area contributed by atoms with Gasteiger partial charge in [0.2, 0.25) is 17.4 Å². The third-order valence-electron chi connectivity index (χ3n) is 7.20. The Kier molecular flexibility index (Phi) is 8.08. The third kappa shape index (κ3) is 6.15. The van der Waals surface area contributed by atoms with Crippen molar-refractivity contribution in [2.24, 2.45) is 5.92 Å². The fourth-order valence-electron chi connectivity index (χ4n) is 5.14. The average Bonchev–Trinajstić information content (AvgIpc) is 3.61. The molecule has 1 fully saturated rings. The number of tetrazole rings is 1. The summed E-state index contributed by atoms with van der Waals surface area (Å²) in [6.45, 7) is 2.98. The molecule has 5 rings (SSSR count). The molecule has 0 atom stereocenters. The van der Waals surface area contributed by atoms with Gasteiger partial charge in [0, 0.05) is 37.3 Å². The molecule has 9 nitrogen and oxygen atoms in total. The zero-order valence-corrected chi connectivity index (χ0v) is 21.4. The van der Waals surface area contributed by atoms with E-state index in [-0.39, 0.29) is 5.78 Å². The molecule has 192 valence electrons. The maximum absolute atomic E-state index is 13.0. The van der Waals surface area contributed by atoms with Crippen molar-refractivity contribution in [2.75, 3.05) is 0 Å². The monoisotopic (exact) mass is 498 g/mol. The quantitative estimate of drug-likeness (QED) is 0.216. The second kappa shape index (κ2) is 12.0. The lowest BCUT2D eigenvalue weighted by molar-refractivity contribution is 0.0939. The average molecular weight is 499 g/mol. The van der Waals surface area contributed by atoms with Crippen molar-refractivity contribution in [1.82, 2.24) is 40.4 Å². The van der Waals surface area contributed by atoms with Crippen molar-refractivity contribution in [3.8, 4) is 22.5 Å². The minimum atomic E-state index is 0.0874. The maximum Gasteiger partial charge on any atom is 0.217 e. The highest BCUT2D eigenvalue weighted by Gasteiger charge is 2.22. The summed E-state index contributed by atoms with van der Waals surface area (Å²) in [5.41, 5.74) is 3.97. The number of aromatic amines is 1. The van der Waals surface area contributed by atoms with E-state index in [0.717, 1.165) is 66.7 Å². The topological polar surface area (TPSA) is 115 Å². The fourth-order valence-corrected chi connectivity index (χ4v) is 5.14. The number of carbonyl (C=O) groups is 1. The third-order valence-corrected chi connectivity index (χ3v) is 7.20. The normalized spacial score (nSPS) is 14.2. The number of nitrogens with zero attached hydrogens (tertiary/aromatic N) is 7. The van der Waals surface area contributed by atoms with Crippen molar-refractivity contribution in [3.63, 3.8) is 0 Å². The van der Waals surface area contributed by atoms with Crippen LogP contribution in [0.1, 0.15) is 86.7 Å². The van der Waals surface area contributed by atoms with Gasteiger partial charge in [-0.3, -0.25) is 9.78 Å². The number of benzene rings is 1. The Balaban J connectivity index is 1.34. The number of hydrogen-bond acceptors (Lipinski definition) is 7. The number of Topliss-reactive ketones (excluding diaryl/α,β-unsaturated/α-hetero) is 1. The first kappa shape index (κ1) is 24.9. The Morgan fingerprint density at radius 1 is 1.05 bits per heavy atom. The van der Waals surface area contributed by atoms with Gasteiger partial charge in [-0.15, -0.1) is 15.3 Å². The number of unbranched alkanes of at least 4 members (excludes halogenated alkanes) is 2. The predicted molar refractivity (Wildman–Crippen MR) is 141 cm³/mol. The number of hydrogen-bond donors (Lipinski definition) is 1. The number of ketones is 1. The zero-order valence-electron chi connectivity index (χ0n) is 21.4. The molecule has 1 saturated carbocycles. The number of aromatic nitrogens is 8. The van der Waals surface area contributed by atoms with Crippen LogP contribution in [0.3, 0.4) is 0 Å². The van der Waals surface area contributed by atoms with Crippen molar-refractivity contribution in [3.05, 3.63) is 59.9 Å². The van der Waals surface area contributed by atoms with E-state index >= 15 is 0 Å². The molecule has 0 bridgehead atoms. The minimum absolute atomic E-state index is 0.0874. The van der Waals surface area contributed by atoms with E-state index < -0.39 is 0 Å². The van der Waals surface area contributed by atoms with E-state index in [1.807, 2.05) is 10.7 Å². The Labute approximate surface area is 217 Å². The van der Waals surface area contributed by atoms with Gasteiger partial charge in [-0.2, -0.15) is 5.21 Å². The zero-order chi connectivity index (χ0) is 25.5. The molecule has 0 aliphatic heterocycles. The van der Waals surface area contributed by atoms with Crippen LogP contribution in [-0.2, 0) is 13.0 Å². The van der Waals surface area contributed by atoms with Gasteiger partial charge in [-0.05, 0) is 40.3 Å². The number of rotatable bonds is 11. The molecular formula is C28H34N8O. The van der Waals surface area contributed by atoms with Crippen LogP contribution in [0.2, 0.25) is 0 Å². The highest BCUT2D eigenvalue weighted by Crippen LogP contribution is 2.30. The molecule has 4 aromatic rings. The first-order valence-corrected chi connectivity index (χ1v) is 13.5. The van der Waals surface area contributed by atoms with E-state index in [4.69, 9.17) is 4.98 Å². The van der Waals surface area contributed by atoms with Crippen LogP contribution in [0.4, 0.5) is 0 Å². The van der Waals surface area contributed by atoms with E-state index in [0.29, 0.717) is 30.4 Å². The molecule has 0 saturated heterocycles. The lowest BCUT2D eigenvalue weighted by atomic mass is 9.86. The van der Waals surface area contributed by atoms with Gasteiger partial charge >= 0.3 is 0 Å². The summed E-state index contributed by atoms with van der Waals surface area (Å²) in [5, 5.41) is 19.1. The van der Waals surface area contributed by atoms with Gasteiger partial charge in [0.25, 0.3) is 0 Å². The molecule has 9 heteroatoms. The number of pyridine rings is 1. The summed E-state index contributed by atoms with van der Waals surface area (Å²) in [6.07, 6.45) is 14.1. The molecule has 1 aromatic carbocycles. The second-order valence-corrected chi connectivity index (χ2v) is 9.94. The lowest BCUT2D eigenvalue weighted by Gasteiger charge is -2.19. The highest BCUT2D eigenvalue weighted by molar-refractivity contribution is 5.92. The highest BCUT2D eigenvalue weighted by atomic mass is 16.1. The molecule has 37 heavy (non-hydrogen) atoms. The lowest BCUT2D eigenvalue weighted by Crippen LogP contribution is -2.13. The molecular weight excluding hydrogens is 464 g/mol. The summed E-state index contributed by atoms with van der Waals surface area (Å²) < 4.78 is 1.95. The number of carbonyl (C=O) groups excluding carboxylic acids is 1. The Hall–Kier alpha value is -3.75. The van der Waals surface area contributed by atoms with Crippen LogP contribution < -0.4 is 0 Å². The first-order valence-electron chi connectivity index (χ1n) is 13.5. The van der Waals surface area contributed by atoms with Crippen molar-refractivity contribution in [1.29, 1.82) is 0 Å². The standard InChI is InChI=1S/C28H34N8O/c1-2-3-7-16-36-26(30-28(33-36)25(37)17-20-8-5-4-6-9-20)18-21-10-12-22(13-11-21)23-14-15-29-19-24(23)27-31-34-35-32-27/h10-15,19-20H,2-9,16-18H2,1H3,(H,31,32,34,35). The molecule has 3 heterocycles. The van der Waals surface area contributed by atoms with Crippen molar-refractivity contribution in [2.45, 2.75) is 77.7 Å². The van der Waals surface area contributed by atoms with Gasteiger partial charge in [0.15, 0.2) is 0 Å². The minimum Gasteiger partial charge on any atom is -0.291 e. The molecule has 0 amide bonds. The van der Waals surface area contributed by atoms with Crippen molar-refractivity contribution >= 4 is 5.78 Å². The second-order valence-electron chi connectivity index (χ2n) is 9.94. The summed E-state index contributed by atoms with van der Waals surface area (Å²) >= 11 is 0. The van der Waals surface area contributed by atoms with Gasteiger partial charge in [0.05, 0.1) is 0 Å². The Bertz CT molecular complexity index is 1290. The van der Waals surface area contributed by atoms with Gasteiger partial charge < -0.3 is 0 Å². The van der Waals surface area contributed by atoms with Crippen LogP contribution in [0.25, 0.3) is 22.5 Å². The summed E-state index contributed by atoms with van der Waals surface area (Å²) in [4.78, 5) is 22.0. The molecule has 3 aromatic heterocycles. The Morgan fingerprint density at radius 2 is 1.89 bits per heavy atom. The predicted octanol–water partition coefficient (Wildman–Crippen LogP) is 5.45. The number of H-pyrrole nitrogens is 1. The number of aryl methyl sites for hydroxylation is 1. The van der Waals surface area contributed by atoms with Gasteiger partial charge in [0.1, 0.15) is 5.82 Å². The van der Waals surface area contributed by atoms with Crippen LogP contribution in [0, 0.1) is 5.92 Å². The largest absolute Gasteiger partial charge is 0.291 e. The number of nitrogens with one attached hydrogen (secondary N) is 1. The summed E-state index contributed by atoms with van der Waals surface area (Å²) in [5.74, 6) is 2.32. The van der Waals surface area contributed by atoms with Crippen LogP contribution in [-0.4, -0.2) is 46.2 Å². The molecule has 1 N–H and O–H groups in total. The van der Waals surface area contributed by atoms with E-state index in [9.17, 15) is 4.79 Å². The molecule has 0 spiro atoms. The van der Waals surface area contributed by atoms with E-state index in [2.05, 4.69) is 61.9 Å².